The average molecular weight is 813 g/mol. The van der Waals surface area contributed by atoms with E-state index in [9.17, 15) is 5.11 Å². The predicted octanol–water partition coefficient (Wildman–Crippen LogP) is 5.20. The Balaban J connectivity index is 1.01. The maximum atomic E-state index is 9.79. The summed E-state index contributed by atoms with van der Waals surface area (Å²) in [4.78, 5) is 4.60. The number of phenols is 1. The number of hydrogen-bond donors (Lipinski definition) is 4. The number of aromatic hydroxyl groups is 1. The molecule has 0 spiro atoms. The van der Waals surface area contributed by atoms with Crippen LogP contribution in [0.15, 0.2) is 65.9 Å². The molecule has 16 heteroatoms. The lowest BCUT2D eigenvalue weighted by atomic mass is 9.91. The number of halogens is 1. The number of rotatable bonds is 27. The third-order valence-corrected chi connectivity index (χ3v) is 9.48. The molecule has 1 aliphatic rings. The summed E-state index contributed by atoms with van der Waals surface area (Å²) in [5.41, 5.74) is 17.6. The van der Waals surface area contributed by atoms with Gasteiger partial charge in [-0.05, 0) is 61.6 Å². The van der Waals surface area contributed by atoms with E-state index in [-0.39, 0.29) is 23.7 Å². The zero-order valence-electron chi connectivity index (χ0n) is 32.7. The van der Waals surface area contributed by atoms with Crippen molar-refractivity contribution in [3.63, 3.8) is 0 Å². The third-order valence-electron chi connectivity index (χ3n) is 9.18. The monoisotopic (exact) mass is 812 g/mol. The minimum Gasteiger partial charge on any atom is -0.508 e. The molecule has 1 saturated carbocycles. The molecule has 4 aromatic rings. The van der Waals surface area contributed by atoms with Gasteiger partial charge >= 0.3 is 0 Å². The zero-order valence-corrected chi connectivity index (χ0v) is 33.5. The Hall–Kier alpha value is -4.03. The summed E-state index contributed by atoms with van der Waals surface area (Å²) in [6.45, 7) is 7.05. The molecule has 6 N–H and O–H groups in total. The van der Waals surface area contributed by atoms with E-state index in [0.717, 1.165) is 53.8 Å². The van der Waals surface area contributed by atoms with Crippen molar-refractivity contribution in [2.24, 2.45) is 16.5 Å². The highest BCUT2D eigenvalue weighted by Crippen LogP contribution is 2.33. The minimum atomic E-state index is 0.0532. The standard InChI is InChI=1S/C41H57ClN6O9/c1-50-12-13-51-14-15-52-16-17-53-18-19-54-20-21-55-22-23-56-24-25-57-35-9-2-30(3-10-35)31-26-39-40(46-33-6-4-32(43)5-7-33)36(28-45-48(39)29-31)41(44)47-38-11-8-34(49)27-37(38)42/h2-3,8-11,26-29,32-33,46,49H,4-7,12-25,43H2,1H3,(H2,44,47). The second-order valence-corrected chi connectivity index (χ2v) is 13.8. The number of benzene rings is 2. The highest BCUT2D eigenvalue weighted by atomic mass is 35.5. The number of nitrogens with zero attached hydrogens (tertiary/aromatic N) is 3. The van der Waals surface area contributed by atoms with Gasteiger partial charge in [0.15, 0.2) is 0 Å². The van der Waals surface area contributed by atoms with Crippen molar-refractivity contribution in [3.05, 3.63) is 71.5 Å². The van der Waals surface area contributed by atoms with Crippen LogP contribution in [0.4, 0.5) is 11.4 Å². The Morgan fingerprint density at radius 1 is 0.772 bits per heavy atom. The molecule has 2 heterocycles. The van der Waals surface area contributed by atoms with Crippen LogP contribution in [0, 0.1) is 0 Å². The van der Waals surface area contributed by atoms with Gasteiger partial charge in [0.2, 0.25) is 0 Å². The molecule has 15 nitrogen and oxygen atoms in total. The van der Waals surface area contributed by atoms with Gasteiger partial charge in [0.05, 0.1) is 120 Å². The van der Waals surface area contributed by atoms with Crippen LogP contribution < -0.4 is 21.5 Å². The Bertz CT molecular complexity index is 1790. The first kappa shape index (κ1) is 44.1. The number of aromatic nitrogens is 2. The topological polar surface area (TPSA) is 188 Å². The first-order valence-electron chi connectivity index (χ1n) is 19.5. The van der Waals surface area contributed by atoms with Crippen molar-refractivity contribution in [3.8, 4) is 22.6 Å². The van der Waals surface area contributed by atoms with E-state index in [1.807, 2.05) is 35.0 Å². The predicted molar refractivity (Wildman–Crippen MR) is 220 cm³/mol. The van der Waals surface area contributed by atoms with E-state index in [0.29, 0.717) is 109 Å². The molecule has 0 radical (unpaired) electrons. The summed E-state index contributed by atoms with van der Waals surface area (Å²) in [5.74, 6) is 1.05. The Kier molecular flexibility index (Phi) is 19.1. The van der Waals surface area contributed by atoms with Crippen molar-refractivity contribution < 1.29 is 43.0 Å². The highest BCUT2D eigenvalue weighted by Gasteiger charge is 2.22. The fourth-order valence-electron chi connectivity index (χ4n) is 6.11. The molecular weight excluding hydrogens is 756 g/mol. The highest BCUT2D eigenvalue weighted by molar-refractivity contribution is 6.33. The molecule has 0 unspecified atom stereocenters. The van der Waals surface area contributed by atoms with Crippen LogP contribution in [0.1, 0.15) is 31.2 Å². The van der Waals surface area contributed by atoms with Gasteiger partial charge in [-0.3, -0.25) is 0 Å². The van der Waals surface area contributed by atoms with E-state index in [4.69, 9.17) is 61.0 Å². The summed E-state index contributed by atoms with van der Waals surface area (Å²) >= 11 is 6.35. The number of aliphatic imine (C=N–C) groups is 1. The molecule has 0 saturated heterocycles. The van der Waals surface area contributed by atoms with E-state index >= 15 is 0 Å². The molecule has 0 aliphatic heterocycles. The molecule has 0 amide bonds. The fraction of sp³-hybridized carbons (Fsp3) is 0.512. The summed E-state index contributed by atoms with van der Waals surface area (Å²) < 4.78 is 45.6. The van der Waals surface area contributed by atoms with Crippen molar-refractivity contribution in [1.29, 1.82) is 0 Å². The fourth-order valence-corrected chi connectivity index (χ4v) is 6.33. The van der Waals surface area contributed by atoms with Crippen molar-refractivity contribution in [1.82, 2.24) is 9.61 Å². The molecule has 0 atom stereocenters. The smallest absolute Gasteiger partial charge is 0.135 e. The number of nitrogens with one attached hydrogen (secondary N) is 1. The Labute approximate surface area is 339 Å². The lowest BCUT2D eigenvalue weighted by molar-refractivity contribution is -0.0199. The molecule has 5 rings (SSSR count). The number of ether oxygens (including phenoxy) is 8. The number of anilines is 1. The molecule has 1 aliphatic carbocycles. The number of hydrogen-bond acceptors (Lipinski definition) is 13. The quantitative estimate of drug-likeness (QED) is 0.0350. The SMILES string of the molecule is COCCOCCOCCOCCOCCOCCOCCOc1ccc(-c2cc3c(NC4CCC(N)CC4)c(C(N)=Nc4ccc(O)cc4Cl)cnn3c2)cc1. The lowest BCUT2D eigenvalue weighted by Crippen LogP contribution is -2.33. The number of phenolic OH excluding ortho intramolecular Hbond substituents is 1. The third kappa shape index (κ3) is 15.0. The first-order valence-corrected chi connectivity index (χ1v) is 19.8. The maximum Gasteiger partial charge on any atom is 0.135 e. The largest absolute Gasteiger partial charge is 0.508 e. The van der Waals surface area contributed by atoms with Gasteiger partial charge in [-0.1, -0.05) is 23.7 Å². The summed E-state index contributed by atoms with van der Waals surface area (Å²) in [6.07, 6.45) is 7.49. The van der Waals surface area contributed by atoms with Crippen molar-refractivity contribution >= 4 is 34.3 Å². The number of methoxy groups -OCH3 is 1. The minimum absolute atomic E-state index is 0.0532. The van der Waals surface area contributed by atoms with Crippen LogP contribution in [0.3, 0.4) is 0 Å². The number of amidine groups is 1. The van der Waals surface area contributed by atoms with Gasteiger partial charge in [0, 0.05) is 37.0 Å². The molecule has 57 heavy (non-hydrogen) atoms. The molecule has 1 fully saturated rings. The van der Waals surface area contributed by atoms with E-state index in [2.05, 4.69) is 21.5 Å². The van der Waals surface area contributed by atoms with Crippen LogP contribution in [-0.2, 0) is 33.2 Å². The number of nitrogens with two attached hydrogens (primary N) is 2. The zero-order chi connectivity index (χ0) is 40.1. The second-order valence-electron chi connectivity index (χ2n) is 13.4. The molecule has 2 aromatic heterocycles. The van der Waals surface area contributed by atoms with Gasteiger partial charge in [0.1, 0.15) is 23.9 Å². The molecule has 312 valence electrons. The van der Waals surface area contributed by atoms with E-state index < -0.39 is 0 Å². The van der Waals surface area contributed by atoms with Crippen LogP contribution in [0.2, 0.25) is 5.02 Å². The van der Waals surface area contributed by atoms with Crippen molar-refractivity contribution in [2.45, 2.75) is 37.8 Å². The Morgan fingerprint density at radius 2 is 1.33 bits per heavy atom. The maximum absolute atomic E-state index is 9.79. The van der Waals surface area contributed by atoms with Gasteiger partial charge in [-0.15, -0.1) is 0 Å². The van der Waals surface area contributed by atoms with Gasteiger partial charge in [-0.25, -0.2) is 9.51 Å². The lowest BCUT2D eigenvalue weighted by Gasteiger charge is -2.28. The van der Waals surface area contributed by atoms with Crippen LogP contribution in [-0.4, -0.2) is 132 Å². The van der Waals surface area contributed by atoms with Gasteiger partial charge in [0.25, 0.3) is 0 Å². The van der Waals surface area contributed by atoms with Crippen LogP contribution in [0.25, 0.3) is 16.6 Å². The number of fused-ring (bicyclic) bond motifs is 1. The summed E-state index contributed by atoms with van der Waals surface area (Å²) in [5, 5.41) is 18.5. The summed E-state index contributed by atoms with van der Waals surface area (Å²) in [6, 6.07) is 15.0. The van der Waals surface area contributed by atoms with Gasteiger partial charge < -0.3 is 59.8 Å². The average Bonchev–Trinajstić information content (AvgIpc) is 3.66. The van der Waals surface area contributed by atoms with Crippen molar-refractivity contribution in [2.75, 3.05) is 105 Å². The van der Waals surface area contributed by atoms with E-state index in [1.54, 1.807) is 19.4 Å². The molecular formula is C41H57ClN6O9. The van der Waals surface area contributed by atoms with Crippen LogP contribution >= 0.6 is 11.6 Å². The normalized spacial score (nSPS) is 16.0. The molecule has 0 bridgehead atoms. The first-order chi connectivity index (χ1) is 27.9. The molecule has 2 aromatic carbocycles. The van der Waals surface area contributed by atoms with Gasteiger partial charge in [-0.2, -0.15) is 5.10 Å². The second kappa shape index (κ2) is 24.7. The van der Waals surface area contributed by atoms with Crippen LogP contribution in [0.5, 0.6) is 11.5 Å². The Morgan fingerprint density at radius 3 is 1.89 bits per heavy atom. The van der Waals surface area contributed by atoms with E-state index in [1.165, 1.54) is 12.1 Å². The summed E-state index contributed by atoms with van der Waals surface area (Å²) in [7, 11) is 1.64.